The van der Waals surface area contributed by atoms with E-state index in [1.165, 1.54) is 18.6 Å². The third-order valence-electron chi connectivity index (χ3n) is 4.13. The zero-order chi connectivity index (χ0) is 19.0. The molecule has 0 aliphatic heterocycles. The molecule has 136 valence electrons. The van der Waals surface area contributed by atoms with Gasteiger partial charge in [0.15, 0.2) is 0 Å². The Hall–Kier alpha value is -2.78. The summed E-state index contributed by atoms with van der Waals surface area (Å²) in [5.74, 6) is -1.64. The Balaban J connectivity index is 1.93. The Morgan fingerprint density at radius 3 is 2.69 bits per heavy atom. The molecule has 9 heteroatoms. The highest BCUT2D eigenvalue weighted by Gasteiger charge is 2.42. The highest BCUT2D eigenvalue weighted by molar-refractivity contribution is 6.44. The Morgan fingerprint density at radius 1 is 1.27 bits per heavy atom. The number of nitrogens with zero attached hydrogens (tertiary/aromatic N) is 2. The van der Waals surface area contributed by atoms with Gasteiger partial charge in [0.25, 0.3) is 0 Å². The van der Waals surface area contributed by atoms with Gasteiger partial charge in [0, 0.05) is 30.4 Å². The Bertz CT molecular complexity index is 721. The minimum atomic E-state index is -1.62. The predicted octanol–water partition coefficient (Wildman–Crippen LogP) is -0.117. The van der Waals surface area contributed by atoms with Crippen molar-refractivity contribution >= 4 is 18.9 Å². The smallest absolute Gasteiger partial charge is 0.427 e. The van der Waals surface area contributed by atoms with Crippen LogP contribution in [0.1, 0.15) is 19.0 Å². The highest BCUT2D eigenvalue weighted by Crippen LogP contribution is 2.33. The van der Waals surface area contributed by atoms with Crippen molar-refractivity contribution in [1.29, 1.82) is 0 Å². The van der Waals surface area contributed by atoms with Crippen molar-refractivity contribution in [2.24, 2.45) is 0 Å². The summed E-state index contributed by atoms with van der Waals surface area (Å²) in [6.07, 6.45) is 14.0. The number of allylic oxidation sites excluding steroid dienone is 2. The number of carbonyl (C=O) groups excluding carboxylic acids is 2. The minimum absolute atomic E-state index is 0.198. The van der Waals surface area contributed by atoms with Crippen LogP contribution in [0.15, 0.2) is 55.0 Å². The molecule has 2 rings (SSSR count). The maximum Gasteiger partial charge on any atom is 0.461 e. The van der Waals surface area contributed by atoms with E-state index in [-0.39, 0.29) is 6.54 Å². The molecule has 0 radical (unpaired) electrons. The monoisotopic (exact) mass is 356 g/mol. The first-order chi connectivity index (χ1) is 12.5. The number of carbonyl (C=O) groups is 2. The normalized spacial score (nSPS) is 21.6. The SMILES string of the molecule is CCC1(NC(=O)/C=C/C(=O)NCc2cnccn2)C=CC=CC1B(O)O. The zero-order valence-corrected chi connectivity index (χ0v) is 14.4. The number of aromatic nitrogens is 2. The van der Waals surface area contributed by atoms with Gasteiger partial charge in [-0.25, -0.2) is 0 Å². The van der Waals surface area contributed by atoms with Gasteiger partial charge in [-0.1, -0.05) is 31.2 Å². The number of amides is 2. The first-order valence-electron chi connectivity index (χ1n) is 8.22. The predicted molar refractivity (Wildman–Crippen MR) is 96.4 cm³/mol. The van der Waals surface area contributed by atoms with Crippen molar-refractivity contribution < 1.29 is 19.6 Å². The van der Waals surface area contributed by atoms with Crippen molar-refractivity contribution in [3.63, 3.8) is 0 Å². The molecule has 26 heavy (non-hydrogen) atoms. The summed E-state index contributed by atoms with van der Waals surface area (Å²) in [6, 6.07) is 0. The summed E-state index contributed by atoms with van der Waals surface area (Å²) in [6.45, 7) is 2.03. The fraction of sp³-hybridized carbons (Fsp3) is 0.294. The lowest BCUT2D eigenvalue weighted by molar-refractivity contribution is -0.119. The van der Waals surface area contributed by atoms with Crippen LogP contribution in [0, 0.1) is 0 Å². The first-order valence-corrected chi connectivity index (χ1v) is 8.22. The standard InChI is InChI=1S/C17H21BN4O4/c1-2-17(8-4-3-5-14(17)18(25)26)22-16(24)7-6-15(23)21-12-13-11-19-9-10-20-13/h3-11,14,25-26H,2,12H2,1H3,(H,21,23)(H,22,24)/b7-6+. The second-order valence-corrected chi connectivity index (χ2v) is 5.81. The molecule has 0 aromatic carbocycles. The van der Waals surface area contributed by atoms with Crippen LogP contribution in [0.5, 0.6) is 0 Å². The van der Waals surface area contributed by atoms with Gasteiger partial charge in [-0.15, -0.1) is 0 Å². The lowest BCUT2D eigenvalue weighted by Gasteiger charge is -2.38. The average Bonchev–Trinajstić information content (AvgIpc) is 2.65. The molecule has 2 amide bonds. The van der Waals surface area contributed by atoms with E-state index in [4.69, 9.17) is 0 Å². The van der Waals surface area contributed by atoms with E-state index in [0.717, 1.165) is 12.2 Å². The van der Waals surface area contributed by atoms with Crippen LogP contribution in [-0.4, -0.2) is 44.5 Å². The molecule has 0 fully saturated rings. The molecular weight excluding hydrogens is 335 g/mol. The van der Waals surface area contributed by atoms with Gasteiger partial charge in [0.2, 0.25) is 11.8 Å². The van der Waals surface area contributed by atoms with Gasteiger partial charge >= 0.3 is 7.12 Å². The Labute approximate surface area is 151 Å². The maximum absolute atomic E-state index is 12.2. The van der Waals surface area contributed by atoms with Gasteiger partial charge < -0.3 is 20.7 Å². The number of nitrogens with one attached hydrogen (secondary N) is 2. The molecule has 2 unspecified atom stereocenters. The molecule has 8 nitrogen and oxygen atoms in total. The van der Waals surface area contributed by atoms with Crippen molar-refractivity contribution in [3.05, 3.63) is 60.7 Å². The van der Waals surface area contributed by atoms with Gasteiger partial charge in [-0.3, -0.25) is 19.6 Å². The van der Waals surface area contributed by atoms with Crippen LogP contribution in [0.2, 0.25) is 5.82 Å². The number of hydrogen-bond acceptors (Lipinski definition) is 6. The second kappa shape index (κ2) is 9.07. The second-order valence-electron chi connectivity index (χ2n) is 5.81. The van der Waals surface area contributed by atoms with Crippen LogP contribution in [-0.2, 0) is 16.1 Å². The minimum Gasteiger partial charge on any atom is -0.427 e. The summed E-state index contributed by atoms with van der Waals surface area (Å²) in [4.78, 5) is 31.9. The Kier molecular flexibility index (Phi) is 6.82. The molecule has 1 aliphatic carbocycles. The van der Waals surface area contributed by atoms with Crippen LogP contribution in [0.3, 0.4) is 0 Å². The largest absolute Gasteiger partial charge is 0.461 e. The summed E-state index contributed by atoms with van der Waals surface area (Å²) < 4.78 is 0. The summed E-state index contributed by atoms with van der Waals surface area (Å²) in [5.41, 5.74) is -0.331. The third-order valence-corrected chi connectivity index (χ3v) is 4.13. The van der Waals surface area contributed by atoms with Crippen LogP contribution in [0.25, 0.3) is 0 Å². The van der Waals surface area contributed by atoms with Crippen LogP contribution >= 0.6 is 0 Å². The average molecular weight is 356 g/mol. The Morgan fingerprint density at radius 2 is 2.04 bits per heavy atom. The van der Waals surface area contributed by atoms with Gasteiger partial charge in [0.05, 0.1) is 24.0 Å². The van der Waals surface area contributed by atoms with E-state index in [1.807, 2.05) is 6.92 Å². The molecular formula is C17H21BN4O4. The van der Waals surface area contributed by atoms with E-state index in [1.54, 1.807) is 24.3 Å². The highest BCUT2D eigenvalue weighted by atomic mass is 16.4. The van der Waals surface area contributed by atoms with E-state index in [9.17, 15) is 19.6 Å². The summed E-state index contributed by atoms with van der Waals surface area (Å²) >= 11 is 0. The number of rotatable bonds is 7. The van der Waals surface area contributed by atoms with E-state index < -0.39 is 30.3 Å². The van der Waals surface area contributed by atoms with Crippen molar-refractivity contribution in [2.45, 2.75) is 31.2 Å². The molecule has 0 saturated heterocycles. The topological polar surface area (TPSA) is 124 Å². The van der Waals surface area contributed by atoms with Crippen molar-refractivity contribution in [3.8, 4) is 0 Å². The molecule has 1 aliphatic rings. The molecule has 0 saturated carbocycles. The molecule has 0 spiro atoms. The van der Waals surface area contributed by atoms with Crippen molar-refractivity contribution in [2.75, 3.05) is 0 Å². The van der Waals surface area contributed by atoms with Crippen LogP contribution in [0.4, 0.5) is 0 Å². The molecule has 2 atom stereocenters. The third kappa shape index (κ3) is 5.11. The van der Waals surface area contributed by atoms with E-state index in [0.29, 0.717) is 12.1 Å². The molecule has 0 bridgehead atoms. The van der Waals surface area contributed by atoms with Gasteiger partial charge in [-0.2, -0.15) is 0 Å². The lowest BCUT2D eigenvalue weighted by atomic mass is 9.59. The van der Waals surface area contributed by atoms with E-state index in [2.05, 4.69) is 20.6 Å². The fourth-order valence-electron chi connectivity index (χ4n) is 2.71. The number of hydrogen-bond donors (Lipinski definition) is 4. The fourth-order valence-corrected chi connectivity index (χ4v) is 2.71. The van der Waals surface area contributed by atoms with Crippen LogP contribution < -0.4 is 10.6 Å². The quantitative estimate of drug-likeness (QED) is 0.399. The molecule has 1 aromatic heterocycles. The zero-order valence-electron chi connectivity index (χ0n) is 14.4. The molecule has 1 heterocycles. The van der Waals surface area contributed by atoms with E-state index >= 15 is 0 Å². The lowest BCUT2D eigenvalue weighted by Crippen LogP contribution is -2.53. The summed E-state index contributed by atoms with van der Waals surface area (Å²) in [7, 11) is -1.62. The summed E-state index contributed by atoms with van der Waals surface area (Å²) in [5, 5.41) is 24.5. The van der Waals surface area contributed by atoms with Crippen molar-refractivity contribution in [1.82, 2.24) is 20.6 Å². The van der Waals surface area contributed by atoms with Gasteiger partial charge in [-0.05, 0) is 6.42 Å². The maximum atomic E-state index is 12.2. The first kappa shape index (κ1) is 19.5. The van der Waals surface area contributed by atoms with Gasteiger partial charge in [0.1, 0.15) is 0 Å². The molecule has 1 aromatic rings. The molecule has 4 N–H and O–H groups in total.